The van der Waals surface area contributed by atoms with Gasteiger partial charge in [0, 0.05) is 6.07 Å². The first kappa shape index (κ1) is 15.5. The normalized spacial score (nSPS) is 22.7. The molecule has 0 radical (unpaired) electrons. The van der Waals surface area contributed by atoms with Crippen LogP contribution >= 0.6 is 11.3 Å². The minimum Gasteiger partial charge on any atom is -0.490 e. The third-order valence-corrected chi connectivity index (χ3v) is 5.64. The van der Waals surface area contributed by atoms with Crippen molar-refractivity contribution >= 4 is 27.8 Å². The number of thiazole rings is 1. The highest BCUT2D eigenvalue weighted by Crippen LogP contribution is 2.39. The van der Waals surface area contributed by atoms with Crippen LogP contribution < -0.4 is 4.74 Å². The summed E-state index contributed by atoms with van der Waals surface area (Å²) in [5.74, 6) is 1.66. The van der Waals surface area contributed by atoms with Crippen molar-refractivity contribution in [1.82, 2.24) is 4.98 Å². The van der Waals surface area contributed by atoms with Crippen LogP contribution in [0.5, 0.6) is 5.75 Å². The molecule has 3 nitrogen and oxygen atoms in total. The van der Waals surface area contributed by atoms with Crippen molar-refractivity contribution in [2.24, 2.45) is 11.3 Å². The summed E-state index contributed by atoms with van der Waals surface area (Å²) < 4.78 is 7.18. The van der Waals surface area contributed by atoms with Crippen molar-refractivity contribution in [3.8, 4) is 5.75 Å². The number of fused-ring (bicyclic) bond motifs is 1. The first-order valence-corrected chi connectivity index (χ1v) is 8.80. The Morgan fingerprint density at radius 2 is 1.95 bits per heavy atom. The van der Waals surface area contributed by atoms with Gasteiger partial charge in [-0.3, -0.25) is 4.79 Å². The van der Waals surface area contributed by atoms with E-state index in [0.717, 1.165) is 41.0 Å². The molecule has 0 atom stereocenters. The highest BCUT2D eigenvalue weighted by atomic mass is 32.1. The van der Waals surface area contributed by atoms with Crippen molar-refractivity contribution in [2.75, 3.05) is 0 Å². The van der Waals surface area contributed by atoms with Crippen LogP contribution in [-0.2, 0) is 0 Å². The standard InChI is InChI=1S/C18H23NO2S/c1-18(2,3)12-4-6-13(7-5-12)21-14-8-9-16-15(10-14)19-17(11-20)22-16/h8-13H,4-7H2,1-3H3/t12-,13-. The smallest absolute Gasteiger partial charge is 0.178 e. The average Bonchev–Trinajstić information content (AvgIpc) is 2.89. The molecule has 4 heteroatoms. The Morgan fingerprint density at radius 1 is 1.23 bits per heavy atom. The van der Waals surface area contributed by atoms with Crippen LogP contribution in [0, 0.1) is 11.3 Å². The van der Waals surface area contributed by atoms with Crippen molar-refractivity contribution < 1.29 is 9.53 Å². The summed E-state index contributed by atoms with van der Waals surface area (Å²) in [6.45, 7) is 7.00. The van der Waals surface area contributed by atoms with E-state index in [1.54, 1.807) is 0 Å². The number of hydrogen-bond donors (Lipinski definition) is 0. The first-order valence-electron chi connectivity index (χ1n) is 7.98. The number of aldehydes is 1. The quantitative estimate of drug-likeness (QED) is 0.740. The molecule has 0 saturated heterocycles. The first-order chi connectivity index (χ1) is 10.5. The van der Waals surface area contributed by atoms with Crippen LogP contribution in [0.1, 0.15) is 56.3 Å². The summed E-state index contributed by atoms with van der Waals surface area (Å²) in [5, 5.41) is 0.526. The molecule has 0 N–H and O–H groups in total. The molecule has 1 aromatic heterocycles. The topological polar surface area (TPSA) is 39.2 Å². The molecule has 3 rings (SSSR count). The second kappa shape index (κ2) is 5.99. The Bertz CT molecular complexity index is 663. The summed E-state index contributed by atoms with van der Waals surface area (Å²) in [7, 11) is 0. The van der Waals surface area contributed by atoms with E-state index in [0.29, 0.717) is 16.5 Å². The van der Waals surface area contributed by atoms with Gasteiger partial charge in [-0.2, -0.15) is 0 Å². The lowest BCUT2D eigenvalue weighted by molar-refractivity contribution is 0.0883. The molecule has 22 heavy (non-hydrogen) atoms. The van der Waals surface area contributed by atoms with Crippen LogP contribution in [0.15, 0.2) is 18.2 Å². The van der Waals surface area contributed by atoms with E-state index >= 15 is 0 Å². The minimum atomic E-state index is 0.306. The van der Waals surface area contributed by atoms with Gasteiger partial charge < -0.3 is 4.74 Å². The van der Waals surface area contributed by atoms with Gasteiger partial charge in [0.2, 0.25) is 0 Å². The lowest BCUT2D eigenvalue weighted by atomic mass is 9.72. The maximum Gasteiger partial charge on any atom is 0.178 e. The van der Waals surface area contributed by atoms with E-state index in [1.165, 1.54) is 24.2 Å². The predicted molar refractivity (Wildman–Crippen MR) is 90.8 cm³/mol. The zero-order valence-corrected chi connectivity index (χ0v) is 14.3. The third kappa shape index (κ3) is 3.32. The Morgan fingerprint density at radius 3 is 2.59 bits per heavy atom. The molecule has 0 amide bonds. The van der Waals surface area contributed by atoms with E-state index in [-0.39, 0.29) is 0 Å². The second-order valence-corrected chi connectivity index (χ2v) is 8.32. The van der Waals surface area contributed by atoms with Crippen molar-refractivity contribution in [1.29, 1.82) is 0 Å². The zero-order chi connectivity index (χ0) is 15.7. The molecule has 1 aliphatic rings. The fourth-order valence-corrected chi connectivity index (χ4v) is 4.05. The summed E-state index contributed by atoms with van der Waals surface area (Å²) in [6.07, 6.45) is 5.83. The van der Waals surface area contributed by atoms with Crippen molar-refractivity contribution in [3.05, 3.63) is 23.2 Å². The van der Waals surface area contributed by atoms with Gasteiger partial charge in [-0.15, -0.1) is 11.3 Å². The third-order valence-electron chi connectivity index (χ3n) is 4.68. The maximum absolute atomic E-state index is 10.8. The van der Waals surface area contributed by atoms with Crippen molar-refractivity contribution in [3.63, 3.8) is 0 Å². The molecule has 1 aromatic carbocycles. The minimum absolute atomic E-state index is 0.306. The highest BCUT2D eigenvalue weighted by Gasteiger charge is 2.30. The summed E-state index contributed by atoms with van der Waals surface area (Å²) in [5.41, 5.74) is 1.25. The molecule has 0 bridgehead atoms. The summed E-state index contributed by atoms with van der Waals surface area (Å²) in [6, 6.07) is 5.94. The van der Waals surface area contributed by atoms with Crippen molar-refractivity contribution in [2.45, 2.75) is 52.6 Å². The number of carbonyl (C=O) groups is 1. The number of rotatable bonds is 3. The largest absolute Gasteiger partial charge is 0.490 e. The molecule has 1 heterocycles. The summed E-state index contributed by atoms with van der Waals surface area (Å²) in [4.78, 5) is 15.1. The number of aromatic nitrogens is 1. The van der Waals surface area contributed by atoms with E-state index in [2.05, 4.69) is 25.8 Å². The highest BCUT2D eigenvalue weighted by molar-refractivity contribution is 7.20. The zero-order valence-electron chi connectivity index (χ0n) is 13.5. The molecule has 118 valence electrons. The molecular formula is C18H23NO2S. The molecule has 2 aromatic rings. The molecule has 1 saturated carbocycles. The van der Waals surface area contributed by atoms with E-state index in [1.807, 2.05) is 18.2 Å². The molecular weight excluding hydrogens is 294 g/mol. The number of hydrogen-bond acceptors (Lipinski definition) is 4. The Labute approximate surface area is 135 Å². The van der Waals surface area contributed by atoms with Gasteiger partial charge in [0.1, 0.15) is 5.75 Å². The Hall–Kier alpha value is -1.42. The fourth-order valence-electron chi connectivity index (χ4n) is 3.29. The van der Waals surface area contributed by atoms with Gasteiger partial charge in [-0.1, -0.05) is 20.8 Å². The SMILES string of the molecule is CC(C)(C)[C@H]1CC[C@H](Oc2ccc3sc(C=O)nc3c2)CC1. The van der Waals surface area contributed by atoms with Crippen LogP contribution in [0.2, 0.25) is 0 Å². The van der Waals surface area contributed by atoms with Crippen LogP contribution in [-0.4, -0.2) is 17.4 Å². The molecule has 1 aliphatic carbocycles. The van der Waals surface area contributed by atoms with Gasteiger partial charge in [-0.25, -0.2) is 4.98 Å². The number of ether oxygens (including phenoxy) is 1. The number of carbonyl (C=O) groups excluding carboxylic acids is 1. The summed E-state index contributed by atoms with van der Waals surface area (Å²) >= 11 is 1.42. The van der Waals surface area contributed by atoms with E-state index < -0.39 is 0 Å². The Kier molecular flexibility index (Phi) is 4.22. The lowest BCUT2D eigenvalue weighted by Crippen LogP contribution is -2.30. The fraction of sp³-hybridized carbons (Fsp3) is 0.556. The van der Waals surface area contributed by atoms with Crippen LogP contribution in [0.3, 0.4) is 0 Å². The van der Waals surface area contributed by atoms with E-state index in [9.17, 15) is 4.79 Å². The predicted octanol–water partition coefficient (Wildman–Crippen LogP) is 5.09. The molecule has 0 spiro atoms. The maximum atomic E-state index is 10.8. The second-order valence-electron chi connectivity index (χ2n) is 7.26. The van der Waals surface area contributed by atoms with Crippen LogP contribution in [0.4, 0.5) is 0 Å². The number of nitrogens with zero attached hydrogens (tertiary/aromatic N) is 1. The van der Waals surface area contributed by atoms with Gasteiger partial charge in [0.15, 0.2) is 11.3 Å². The van der Waals surface area contributed by atoms with E-state index in [4.69, 9.17) is 4.74 Å². The lowest BCUT2D eigenvalue weighted by Gasteiger charge is -2.36. The van der Waals surface area contributed by atoms with Crippen LogP contribution in [0.25, 0.3) is 10.2 Å². The molecule has 1 fully saturated rings. The molecule has 0 aliphatic heterocycles. The Balaban J connectivity index is 1.65. The average molecular weight is 317 g/mol. The number of benzene rings is 1. The van der Waals surface area contributed by atoms with Gasteiger partial charge in [0.05, 0.1) is 16.3 Å². The van der Waals surface area contributed by atoms with Gasteiger partial charge in [0.25, 0.3) is 0 Å². The monoisotopic (exact) mass is 317 g/mol. The molecule has 0 unspecified atom stereocenters. The van der Waals surface area contributed by atoms with Gasteiger partial charge >= 0.3 is 0 Å². The van der Waals surface area contributed by atoms with Gasteiger partial charge in [-0.05, 0) is 49.1 Å².